The topological polar surface area (TPSA) is 59.1 Å². The SMILES string of the molecule is COc1ccc(CCC2CCCCN2C(=O)C2CCCN(C(=O)Cc3ccccc3)C2)cc1OC. The zero-order valence-corrected chi connectivity index (χ0v) is 21.1. The Morgan fingerprint density at radius 3 is 2.46 bits per heavy atom. The third-order valence-electron chi connectivity index (χ3n) is 7.45. The maximum absolute atomic E-state index is 13.6. The molecule has 2 aromatic rings. The number of piperidine rings is 2. The van der Waals surface area contributed by atoms with Crippen molar-refractivity contribution in [2.75, 3.05) is 33.9 Å². The zero-order chi connectivity index (χ0) is 24.6. The van der Waals surface area contributed by atoms with E-state index in [-0.39, 0.29) is 23.8 Å². The molecule has 0 saturated carbocycles. The van der Waals surface area contributed by atoms with Crippen molar-refractivity contribution in [1.29, 1.82) is 0 Å². The van der Waals surface area contributed by atoms with E-state index in [0.29, 0.717) is 13.0 Å². The zero-order valence-electron chi connectivity index (χ0n) is 21.1. The smallest absolute Gasteiger partial charge is 0.227 e. The summed E-state index contributed by atoms with van der Waals surface area (Å²) >= 11 is 0. The first-order valence-corrected chi connectivity index (χ1v) is 12.9. The average molecular weight is 479 g/mol. The minimum absolute atomic E-state index is 0.0925. The Morgan fingerprint density at radius 1 is 0.886 bits per heavy atom. The molecule has 2 aliphatic heterocycles. The Hall–Kier alpha value is -3.02. The first kappa shape index (κ1) is 25.1. The lowest BCUT2D eigenvalue weighted by molar-refractivity contribution is -0.143. The van der Waals surface area contributed by atoms with E-state index in [2.05, 4.69) is 11.0 Å². The second-order valence-electron chi connectivity index (χ2n) is 9.75. The van der Waals surface area contributed by atoms with Crippen LogP contribution in [0.15, 0.2) is 48.5 Å². The molecule has 0 radical (unpaired) electrons. The third-order valence-corrected chi connectivity index (χ3v) is 7.45. The molecule has 4 rings (SSSR count). The van der Waals surface area contributed by atoms with E-state index in [0.717, 1.165) is 75.1 Å². The molecule has 6 heteroatoms. The summed E-state index contributed by atoms with van der Waals surface area (Å²) in [7, 11) is 3.30. The number of rotatable bonds is 8. The number of likely N-dealkylation sites (tertiary alicyclic amines) is 2. The number of benzene rings is 2. The standard InChI is InChI=1S/C29H38N2O4/c1-34-26-16-14-23(19-27(26)35-2)13-15-25-12-6-7-18-31(25)29(33)24-11-8-17-30(21-24)28(32)20-22-9-4-3-5-10-22/h3-5,9-10,14,16,19,24-25H,6-8,11-13,15,17-18,20-21H2,1-2H3. The highest BCUT2D eigenvalue weighted by atomic mass is 16.5. The van der Waals surface area contributed by atoms with E-state index in [1.807, 2.05) is 47.4 Å². The molecular weight excluding hydrogens is 440 g/mol. The van der Waals surface area contributed by atoms with E-state index in [1.54, 1.807) is 14.2 Å². The molecule has 0 aromatic heterocycles. The fourth-order valence-corrected chi connectivity index (χ4v) is 5.48. The summed E-state index contributed by atoms with van der Waals surface area (Å²) in [4.78, 5) is 30.6. The van der Waals surface area contributed by atoms with Crippen LogP contribution in [0.2, 0.25) is 0 Å². The molecule has 6 nitrogen and oxygen atoms in total. The molecule has 2 atom stereocenters. The summed E-state index contributed by atoms with van der Waals surface area (Å²) in [5, 5.41) is 0. The summed E-state index contributed by atoms with van der Waals surface area (Å²) in [5.74, 6) is 1.74. The Bertz CT molecular complexity index is 993. The highest BCUT2D eigenvalue weighted by Gasteiger charge is 2.35. The van der Waals surface area contributed by atoms with Gasteiger partial charge < -0.3 is 19.3 Å². The van der Waals surface area contributed by atoms with Gasteiger partial charge in [-0.15, -0.1) is 0 Å². The van der Waals surface area contributed by atoms with Crippen molar-refractivity contribution >= 4 is 11.8 Å². The van der Waals surface area contributed by atoms with Crippen LogP contribution in [0.5, 0.6) is 11.5 Å². The van der Waals surface area contributed by atoms with E-state index in [1.165, 1.54) is 5.56 Å². The average Bonchev–Trinajstić information content (AvgIpc) is 2.92. The molecule has 2 amide bonds. The van der Waals surface area contributed by atoms with Gasteiger partial charge in [-0.25, -0.2) is 0 Å². The highest BCUT2D eigenvalue weighted by Crippen LogP contribution is 2.30. The summed E-state index contributed by atoms with van der Waals surface area (Å²) < 4.78 is 10.8. The Kier molecular flexibility index (Phi) is 8.67. The van der Waals surface area contributed by atoms with Gasteiger partial charge in [-0.2, -0.15) is 0 Å². The van der Waals surface area contributed by atoms with Crippen LogP contribution in [0.1, 0.15) is 49.7 Å². The van der Waals surface area contributed by atoms with E-state index >= 15 is 0 Å². The normalized spacial score (nSPS) is 20.4. The summed E-state index contributed by atoms with van der Waals surface area (Å²) in [5.41, 5.74) is 2.22. The van der Waals surface area contributed by atoms with Crippen molar-refractivity contribution in [2.24, 2.45) is 5.92 Å². The molecule has 2 aliphatic rings. The first-order valence-electron chi connectivity index (χ1n) is 12.9. The monoisotopic (exact) mass is 478 g/mol. The number of ether oxygens (including phenoxy) is 2. The molecule has 0 N–H and O–H groups in total. The predicted molar refractivity (Wildman–Crippen MR) is 137 cm³/mol. The van der Waals surface area contributed by atoms with Crippen LogP contribution in [-0.4, -0.2) is 61.5 Å². The molecule has 2 heterocycles. The van der Waals surface area contributed by atoms with Gasteiger partial charge in [0, 0.05) is 25.7 Å². The largest absolute Gasteiger partial charge is 0.493 e. The summed E-state index contributed by atoms with van der Waals surface area (Å²) in [6, 6.07) is 16.2. The lowest BCUT2D eigenvalue weighted by Gasteiger charge is -2.40. The van der Waals surface area contributed by atoms with Crippen LogP contribution in [0.4, 0.5) is 0 Å². The van der Waals surface area contributed by atoms with Crippen LogP contribution >= 0.6 is 0 Å². The summed E-state index contributed by atoms with van der Waals surface area (Å²) in [6.07, 6.45) is 7.25. The molecular formula is C29H38N2O4. The molecule has 0 bridgehead atoms. The van der Waals surface area contributed by atoms with Gasteiger partial charge in [0.15, 0.2) is 11.5 Å². The maximum atomic E-state index is 13.6. The fourth-order valence-electron chi connectivity index (χ4n) is 5.48. The molecule has 2 saturated heterocycles. The first-order chi connectivity index (χ1) is 17.1. The van der Waals surface area contributed by atoms with Gasteiger partial charge in [-0.3, -0.25) is 9.59 Å². The molecule has 35 heavy (non-hydrogen) atoms. The van der Waals surface area contributed by atoms with Crippen LogP contribution in [0.3, 0.4) is 0 Å². The van der Waals surface area contributed by atoms with Crippen molar-refractivity contribution in [3.63, 3.8) is 0 Å². The van der Waals surface area contributed by atoms with Crippen molar-refractivity contribution in [1.82, 2.24) is 9.80 Å². The second-order valence-corrected chi connectivity index (χ2v) is 9.75. The lowest BCUT2D eigenvalue weighted by atomic mass is 9.91. The number of hydrogen-bond donors (Lipinski definition) is 0. The van der Waals surface area contributed by atoms with Crippen LogP contribution in [0.25, 0.3) is 0 Å². The van der Waals surface area contributed by atoms with Gasteiger partial charge in [-0.1, -0.05) is 36.4 Å². The van der Waals surface area contributed by atoms with Crippen molar-refractivity contribution in [3.8, 4) is 11.5 Å². The molecule has 2 aromatic carbocycles. The van der Waals surface area contributed by atoms with Gasteiger partial charge in [0.1, 0.15) is 0 Å². The maximum Gasteiger partial charge on any atom is 0.227 e. The second kappa shape index (κ2) is 12.1. The Labute approximate surface area is 209 Å². The summed E-state index contributed by atoms with van der Waals surface area (Å²) in [6.45, 7) is 2.12. The molecule has 2 fully saturated rings. The van der Waals surface area contributed by atoms with Crippen LogP contribution < -0.4 is 9.47 Å². The highest BCUT2D eigenvalue weighted by molar-refractivity contribution is 5.82. The molecule has 188 valence electrons. The van der Waals surface area contributed by atoms with Crippen LogP contribution in [0, 0.1) is 5.92 Å². The van der Waals surface area contributed by atoms with Crippen molar-refractivity contribution in [3.05, 3.63) is 59.7 Å². The van der Waals surface area contributed by atoms with Crippen LogP contribution in [-0.2, 0) is 22.4 Å². The number of hydrogen-bond acceptors (Lipinski definition) is 4. The van der Waals surface area contributed by atoms with Gasteiger partial charge in [0.05, 0.1) is 26.6 Å². The lowest BCUT2D eigenvalue weighted by Crippen LogP contribution is -2.51. The minimum Gasteiger partial charge on any atom is -0.493 e. The number of aryl methyl sites for hydroxylation is 1. The third kappa shape index (κ3) is 6.36. The number of amides is 2. The number of carbonyl (C=O) groups is 2. The number of methoxy groups -OCH3 is 2. The number of carbonyl (C=O) groups excluding carboxylic acids is 2. The quantitative estimate of drug-likeness (QED) is 0.561. The van der Waals surface area contributed by atoms with Gasteiger partial charge in [0.25, 0.3) is 0 Å². The van der Waals surface area contributed by atoms with Gasteiger partial charge >= 0.3 is 0 Å². The molecule has 0 spiro atoms. The van der Waals surface area contributed by atoms with Gasteiger partial charge in [0.2, 0.25) is 11.8 Å². The van der Waals surface area contributed by atoms with Crippen molar-refractivity contribution < 1.29 is 19.1 Å². The van der Waals surface area contributed by atoms with E-state index in [9.17, 15) is 9.59 Å². The van der Waals surface area contributed by atoms with E-state index in [4.69, 9.17) is 9.47 Å². The Balaban J connectivity index is 1.36. The molecule has 2 unspecified atom stereocenters. The van der Waals surface area contributed by atoms with Gasteiger partial charge in [-0.05, 0) is 68.2 Å². The fraction of sp³-hybridized carbons (Fsp3) is 0.517. The minimum atomic E-state index is -0.0925. The van der Waals surface area contributed by atoms with E-state index < -0.39 is 0 Å². The van der Waals surface area contributed by atoms with Crippen molar-refractivity contribution in [2.45, 2.75) is 57.4 Å². The number of nitrogens with zero attached hydrogens (tertiary/aromatic N) is 2. The predicted octanol–water partition coefficient (Wildman–Crippen LogP) is 4.50. The Morgan fingerprint density at radius 2 is 1.69 bits per heavy atom. The molecule has 0 aliphatic carbocycles.